The van der Waals surface area contributed by atoms with Gasteiger partial charge in [-0.3, -0.25) is 9.59 Å². The molecular formula is C25H39N3O5. The quantitative estimate of drug-likeness (QED) is 0.648. The molecule has 1 aromatic carbocycles. The van der Waals surface area contributed by atoms with E-state index >= 15 is 0 Å². The zero-order valence-corrected chi connectivity index (χ0v) is 20.2. The van der Waals surface area contributed by atoms with Gasteiger partial charge in [0.05, 0.1) is 11.5 Å². The van der Waals surface area contributed by atoms with Gasteiger partial charge in [0, 0.05) is 38.4 Å². The number of anilines is 1. The minimum atomic E-state index is -1.17. The van der Waals surface area contributed by atoms with Gasteiger partial charge in [-0.2, -0.15) is 0 Å². The Hall–Kier alpha value is -2.16. The molecule has 2 atom stereocenters. The number of ether oxygens (including phenoxy) is 1. The van der Waals surface area contributed by atoms with E-state index in [0.29, 0.717) is 25.1 Å². The molecule has 2 N–H and O–H groups in total. The number of rotatable bonds is 2. The van der Waals surface area contributed by atoms with Gasteiger partial charge < -0.3 is 29.6 Å². The van der Waals surface area contributed by atoms with E-state index in [1.54, 1.807) is 4.90 Å². The van der Waals surface area contributed by atoms with Gasteiger partial charge in [0.2, 0.25) is 0 Å². The topological polar surface area (TPSA) is 93.6 Å². The van der Waals surface area contributed by atoms with E-state index < -0.39 is 17.6 Å². The highest BCUT2D eigenvalue weighted by atomic mass is 16.5. The van der Waals surface area contributed by atoms with E-state index in [1.807, 2.05) is 50.3 Å². The fourth-order valence-corrected chi connectivity index (χ4v) is 4.69. The summed E-state index contributed by atoms with van der Waals surface area (Å²) in [7, 11) is 5.91. The van der Waals surface area contributed by atoms with E-state index in [2.05, 4.69) is 4.90 Å². The molecule has 33 heavy (non-hydrogen) atoms. The molecule has 1 amide bonds. The summed E-state index contributed by atoms with van der Waals surface area (Å²) < 4.78 is 5.49. The fourth-order valence-electron chi connectivity index (χ4n) is 4.69. The molecule has 0 aromatic heterocycles. The predicted molar refractivity (Wildman–Crippen MR) is 127 cm³/mol. The third-order valence-electron chi connectivity index (χ3n) is 7.13. The third kappa shape index (κ3) is 6.46. The van der Waals surface area contributed by atoms with Crippen LogP contribution in [0.3, 0.4) is 0 Å². The lowest BCUT2D eigenvalue weighted by atomic mass is 9.74. The normalized spacial score (nSPS) is 25.5. The zero-order chi connectivity index (χ0) is 24.0. The number of carbonyl (C=O) groups excluding carboxylic acids is 2. The molecule has 0 saturated carbocycles. The molecule has 8 nitrogen and oxygen atoms in total. The van der Waals surface area contributed by atoms with Crippen LogP contribution in [0.25, 0.3) is 0 Å². The molecule has 8 heteroatoms. The first-order valence-corrected chi connectivity index (χ1v) is 12.0. The molecule has 2 aliphatic rings. The summed E-state index contributed by atoms with van der Waals surface area (Å²) in [4.78, 5) is 32.2. The second-order valence-electron chi connectivity index (χ2n) is 9.80. The largest absolute Gasteiger partial charge is 0.462 e. The summed E-state index contributed by atoms with van der Waals surface area (Å²) in [5, 5.41) is 20.8. The highest BCUT2D eigenvalue weighted by molar-refractivity contribution is 5.95. The van der Waals surface area contributed by atoms with Crippen molar-refractivity contribution in [2.45, 2.75) is 50.7 Å². The summed E-state index contributed by atoms with van der Waals surface area (Å²) in [6.45, 7) is 2.29. The molecule has 1 spiro atoms. The number of cyclic esters (lactones) is 1. The molecule has 0 bridgehead atoms. The summed E-state index contributed by atoms with van der Waals surface area (Å²) in [5.41, 5.74) is 0.994. The Labute approximate surface area is 197 Å². The number of aliphatic hydroxyl groups excluding tert-OH is 2. The monoisotopic (exact) mass is 461 g/mol. The number of likely N-dealkylation sites (tertiary alicyclic amines) is 1. The number of esters is 1. The van der Waals surface area contributed by atoms with Crippen molar-refractivity contribution in [2.75, 3.05) is 58.8 Å². The lowest BCUT2D eigenvalue weighted by Crippen LogP contribution is -2.45. The summed E-state index contributed by atoms with van der Waals surface area (Å²) >= 11 is 0. The van der Waals surface area contributed by atoms with E-state index in [1.165, 1.54) is 0 Å². The maximum atomic E-state index is 13.3. The standard InChI is InChI=1S/C25H39N3O5/c1-26(2)20-8-6-7-19(17-20)23(31)28-13-5-4-10-25(11-15-27(3)16-12-25)24(32)33-18-22(30)21(29)9-14-28/h6-8,17,21-22,29-30H,4-5,9-16,18H2,1-3H3/t21-,22+/m0/s1. The molecule has 1 aromatic rings. The van der Waals surface area contributed by atoms with Crippen molar-refractivity contribution in [1.82, 2.24) is 9.80 Å². The average molecular weight is 462 g/mol. The van der Waals surface area contributed by atoms with Gasteiger partial charge in [0.25, 0.3) is 5.91 Å². The van der Waals surface area contributed by atoms with Crippen LogP contribution < -0.4 is 4.90 Å². The van der Waals surface area contributed by atoms with Crippen molar-refractivity contribution in [3.05, 3.63) is 29.8 Å². The average Bonchev–Trinajstić information content (AvgIpc) is 2.82. The van der Waals surface area contributed by atoms with Crippen molar-refractivity contribution in [1.29, 1.82) is 0 Å². The highest BCUT2D eigenvalue weighted by Gasteiger charge is 2.42. The highest BCUT2D eigenvalue weighted by Crippen LogP contribution is 2.38. The minimum Gasteiger partial charge on any atom is -0.462 e. The zero-order valence-electron chi connectivity index (χ0n) is 20.2. The first-order chi connectivity index (χ1) is 15.7. The van der Waals surface area contributed by atoms with Crippen molar-refractivity contribution in [2.24, 2.45) is 5.41 Å². The summed E-state index contributed by atoms with van der Waals surface area (Å²) in [6, 6.07) is 7.50. The first-order valence-electron chi connectivity index (χ1n) is 12.0. The van der Waals surface area contributed by atoms with Crippen molar-refractivity contribution in [3.63, 3.8) is 0 Å². The van der Waals surface area contributed by atoms with E-state index in [0.717, 1.165) is 44.5 Å². The number of aliphatic hydroxyl groups is 2. The molecule has 2 saturated heterocycles. The van der Waals surface area contributed by atoms with Gasteiger partial charge in [0.15, 0.2) is 0 Å². The van der Waals surface area contributed by atoms with Crippen LogP contribution >= 0.6 is 0 Å². The lowest BCUT2D eigenvalue weighted by molar-refractivity contribution is -0.164. The van der Waals surface area contributed by atoms with Gasteiger partial charge in [0.1, 0.15) is 12.7 Å². The van der Waals surface area contributed by atoms with Crippen LogP contribution in [0.1, 0.15) is 48.9 Å². The maximum absolute atomic E-state index is 13.3. The van der Waals surface area contributed by atoms with Crippen LogP contribution in [-0.2, 0) is 9.53 Å². The molecule has 2 aliphatic heterocycles. The maximum Gasteiger partial charge on any atom is 0.312 e. The fraction of sp³-hybridized carbons (Fsp3) is 0.680. The number of amides is 1. The molecule has 3 rings (SSSR count). The van der Waals surface area contributed by atoms with Gasteiger partial charge >= 0.3 is 5.97 Å². The molecule has 0 radical (unpaired) electrons. The van der Waals surface area contributed by atoms with E-state index in [-0.39, 0.29) is 24.9 Å². The molecular weight excluding hydrogens is 422 g/mol. The van der Waals surface area contributed by atoms with Gasteiger partial charge in [-0.25, -0.2) is 0 Å². The van der Waals surface area contributed by atoms with Crippen molar-refractivity contribution >= 4 is 17.6 Å². The molecule has 184 valence electrons. The predicted octanol–water partition coefficient (Wildman–Crippen LogP) is 1.75. The number of nitrogens with zero attached hydrogens (tertiary/aromatic N) is 3. The Morgan fingerprint density at radius 1 is 1.06 bits per heavy atom. The number of piperidine rings is 1. The SMILES string of the molecule is CN1CCC2(CCCCN(C(=O)c3cccc(N(C)C)c3)CC[C@H](O)[C@H](O)COC2=O)CC1. The minimum absolute atomic E-state index is 0.0865. The Morgan fingerprint density at radius 2 is 1.79 bits per heavy atom. The second kappa shape index (κ2) is 11.3. The lowest BCUT2D eigenvalue weighted by Gasteiger charge is -2.39. The second-order valence-corrected chi connectivity index (χ2v) is 9.80. The van der Waals surface area contributed by atoms with Crippen LogP contribution in [0.2, 0.25) is 0 Å². The van der Waals surface area contributed by atoms with Gasteiger partial charge in [-0.1, -0.05) is 12.5 Å². The van der Waals surface area contributed by atoms with E-state index in [4.69, 9.17) is 4.74 Å². The number of benzene rings is 1. The molecule has 2 fully saturated rings. The van der Waals surface area contributed by atoms with Crippen molar-refractivity contribution < 1.29 is 24.5 Å². The smallest absolute Gasteiger partial charge is 0.312 e. The molecule has 2 heterocycles. The summed E-state index contributed by atoms with van der Waals surface area (Å²) in [5.74, 6) is -0.355. The van der Waals surface area contributed by atoms with Gasteiger partial charge in [-0.05, 0) is 70.4 Å². The number of hydrogen-bond acceptors (Lipinski definition) is 7. The van der Waals surface area contributed by atoms with Gasteiger partial charge in [-0.15, -0.1) is 0 Å². The Kier molecular flexibility index (Phi) is 8.73. The molecule has 0 unspecified atom stereocenters. The van der Waals surface area contributed by atoms with Crippen LogP contribution in [0, 0.1) is 5.41 Å². The van der Waals surface area contributed by atoms with E-state index in [9.17, 15) is 19.8 Å². The van der Waals surface area contributed by atoms with Crippen LogP contribution in [-0.4, -0.2) is 98.0 Å². The third-order valence-corrected chi connectivity index (χ3v) is 7.13. The summed E-state index contributed by atoms with van der Waals surface area (Å²) in [6.07, 6.45) is 1.70. The number of hydrogen-bond donors (Lipinski definition) is 2. The number of carbonyl (C=O) groups is 2. The van der Waals surface area contributed by atoms with Crippen molar-refractivity contribution in [3.8, 4) is 0 Å². The molecule has 0 aliphatic carbocycles. The Bertz CT molecular complexity index is 807. The van der Waals surface area contributed by atoms with Crippen LogP contribution in [0.4, 0.5) is 5.69 Å². The first kappa shape index (κ1) is 25.5. The Morgan fingerprint density at radius 3 is 2.48 bits per heavy atom. The van der Waals surface area contributed by atoms with Crippen LogP contribution in [0.15, 0.2) is 24.3 Å². The van der Waals surface area contributed by atoms with Crippen LogP contribution in [0.5, 0.6) is 0 Å². The Balaban J connectivity index is 1.76.